The highest BCUT2D eigenvalue weighted by molar-refractivity contribution is 6.13. The molecule has 10 aromatic carbocycles. The number of hydrogen-bond donors (Lipinski definition) is 0. The summed E-state index contributed by atoms with van der Waals surface area (Å²) < 4.78 is 4.90. The standard InChI is InChI=1S/C65H40N4/c1-3-17-42(18-4-1)56-40-57(67-64(66-56)43-19-5-2-6-20-43)50-25-16-27-54-62(50)51-39-44(41-33-36-45(37-34-41)68-58-29-11-7-21-46(58)47-22-8-12-30-59(47)68)35-38-52(51)65(54)53-26-10-14-32-61(53)69-60-31-13-9-23-48(60)49-24-15-28-55(65)63(49)69/h1-40H. The number of nitrogens with zero attached hydrogens (tertiary/aromatic N) is 4. The fraction of sp³-hybridized carbons (Fsp3) is 0.0154. The molecule has 4 heteroatoms. The predicted octanol–water partition coefficient (Wildman–Crippen LogP) is 16.0. The van der Waals surface area contributed by atoms with Gasteiger partial charge in [-0.05, 0) is 93.0 Å². The van der Waals surface area contributed by atoms with E-state index in [4.69, 9.17) is 9.97 Å². The van der Waals surface area contributed by atoms with Crippen LogP contribution in [0, 0.1) is 0 Å². The summed E-state index contributed by atoms with van der Waals surface area (Å²) >= 11 is 0. The Bertz CT molecular complexity index is 4130. The molecule has 3 aromatic heterocycles. The molecule has 1 spiro atoms. The van der Waals surface area contributed by atoms with E-state index >= 15 is 0 Å². The van der Waals surface area contributed by atoms with Crippen molar-refractivity contribution in [1.29, 1.82) is 0 Å². The topological polar surface area (TPSA) is 35.6 Å². The van der Waals surface area contributed by atoms with Gasteiger partial charge in [0.2, 0.25) is 0 Å². The Balaban J connectivity index is 1.00. The normalized spacial score (nSPS) is 14.4. The number of aromatic nitrogens is 4. The third-order valence-corrected chi connectivity index (χ3v) is 15.0. The maximum absolute atomic E-state index is 5.47. The van der Waals surface area contributed by atoms with E-state index in [0.29, 0.717) is 5.82 Å². The number of rotatable bonds is 5. The molecular weight excluding hydrogens is 837 g/mol. The van der Waals surface area contributed by atoms with Crippen LogP contribution in [-0.4, -0.2) is 19.1 Å². The van der Waals surface area contributed by atoms with Gasteiger partial charge in [-0.1, -0.05) is 194 Å². The Kier molecular flexibility index (Phi) is 7.96. The molecule has 1 unspecified atom stereocenters. The lowest BCUT2D eigenvalue weighted by Crippen LogP contribution is -2.33. The van der Waals surface area contributed by atoms with Crippen LogP contribution in [0.5, 0.6) is 0 Å². The minimum atomic E-state index is -0.627. The molecule has 1 aliphatic heterocycles. The highest BCUT2D eigenvalue weighted by Gasteiger charge is 2.51. The Morgan fingerprint density at radius 3 is 1.61 bits per heavy atom. The number of para-hydroxylation sites is 5. The van der Waals surface area contributed by atoms with Crippen LogP contribution in [0.15, 0.2) is 243 Å². The molecule has 13 aromatic rings. The molecule has 0 radical (unpaired) electrons. The summed E-state index contributed by atoms with van der Waals surface area (Å²) in [4.78, 5) is 10.7. The van der Waals surface area contributed by atoms with Gasteiger partial charge in [-0.25, -0.2) is 9.97 Å². The second-order valence-corrected chi connectivity index (χ2v) is 18.4. The van der Waals surface area contributed by atoms with Crippen LogP contribution in [0.1, 0.15) is 22.3 Å². The lowest BCUT2D eigenvalue weighted by atomic mass is 9.65. The number of benzene rings is 10. The number of fused-ring (bicyclic) bond motifs is 15. The first kappa shape index (κ1) is 38.0. The smallest absolute Gasteiger partial charge is 0.160 e. The summed E-state index contributed by atoms with van der Waals surface area (Å²) in [5.41, 5.74) is 21.3. The molecule has 0 N–H and O–H groups in total. The zero-order valence-electron chi connectivity index (χ0n) is 37.4. The van der Waals surface area contributed by atoms with Gasteiger partial charge in [0.15, 0.2) is 5.82 Å². The second-order valence-electron chi connectivity index (χ2n) is 18.4. The fourth-order valence-corrected chi connectivity index (χ4v) is 12.1. The Labute approximate surface area is 398 Å². The van der Waals surface area contributed by atoms with Crippen LogP contribution in [-0.2, 0) is 5.41 Å². The summed E-state index contributed by atoms with van der Waals surface area (Å²) in [5, 5.41) is 5.04. The average molecular weight is 877 g/mol. The molecular formula is C65H40N4. The van der Waals surface area contributed by atoms with Gasteiger partial charge >= 0.3 is 0 Å². The molecule has 0 amide bonds. The highest BCUT2D eigenvalue weighted by Crippen LogP contribution is 2.63. The molecule has 0 saturated carbocycles. The minimum Gasteiger partial charge on any atom is -0.309 e. The lowest BCUT2D eigenvalue weighted by molar-refractivity contribution is 0.748. The molecule has 2 aliphatic rings. The van der Waals surface area contributed by atoms with Crippen LogP contribution in [0.25, 0.3) is 111 Å². The lowest BCUT2D eigenvalue weighted by Gasteiger charge is -2.39. The first-order valence-electron chi connectivity index (χ1n) is 23.7. The van der Waals surface area contributed by atoms with Crippen molar-refractivity contribution in [3.63, 3.8) is 0 Å². The zero-order chi connectivity index (χ0) is 45.2. The summed E-state index contributed by atoms with van der Waals surface area (Å²) in [7, 11) is 0. The third kappa shape index (κ3) is 5.28. The summed E-state index contributed by atoms with van der Waals surface area (Å²) in [6.45, 7) is 0. The summed E-state index contributed by atoms with van der Waals surface area (Å²) in [6.07, 6.45) is 0. The van der Waals surface area contributed by atoms with Crippen LogP contribution < -0.4 is 0 Å². The van der Waals surface area contributed by atoms with E-state index in [2.05, 4.69) is 246 Å². The maximum Gasteiger partial charge on any atom is 0.160 e. The van der Waals surface area contributed by atoms with Crippen molar-refractivity contribution in [2.45, 2.75) is 5.41 Å². The maximum atomic E-state index is 5.47. The van der Waals surface area contributed by atoms with E-state index in [1.54, 1.807) is 0 Å². The Morgan fingerprint density at radius 1 is 0.319 bits per heavy atom. The van der Waals surface area contributed by atoms with E-state index < -0.39 is 5.41 Å². The van der Waals surface area contributed by atoms with E-state index in [1.165, 1.54) is 82.7 Å². The molecule has 15 rings (SSSR count). The van der Waals surface area contributed by atoms with Gasteiger partial charge in [0.1, 0.15) is 0 Å². The van der Waals surface area contributed by atoms with Crippen molar-refractivity contribution >= 4 is 43.6 Å². The van der Waals surface area contributed by atoms with Crippen LogP contribution in [0.3, 0.4) is 0 Å². The van der Waals surface area contributed by atoms with Gasteiger partial charge in [0.25, 0.3) is 0 Å². The Morgan fingerprint density at radius 2 is 0.870 bits per heavy atom. The number of hydrogen-bond acceptors (Lipinski definition) is 2. The summed E-state index contributed by atoms with van der Waals surface area (Å²) in [5.74, 6) is 0.701. The largest absolute Gasteiger partial charge is 0.309 e. The molecule has 69 heavy (non-hydrogen) atoms. The van der Waals surface area contributed by atoms with Gasteiger partial charge in [0.05, 0.1) is 44.6 Å². The van der Waals surface area contributed by atoms with E-state index in [0.717, 1.165) is 44.9 Å². The molecule has 0 fully saturated rings. The molecule has 1 atom stereocenters. The van der Waals surface area contributed by atoms with Gasteiger partial charge in [-0.15, -0.1) is 0 Å². The van der Waals surface area contributed by atoms with Gasteiger partial charge in [-0.3, -0.25) is 0 Å². The first-order valence-corrected chi connectivity index (χ1v) is 23.7. The molecule has 0 bridgehead atoms. The van der Waals surface area contributed by atoms with Crippen molar-refractivity contribution in [2.24, 2.45) is 0 Å². The minimum absolute atomic E-state index is 0.627. The SMILES string of the molecule is c1ccc(-c2cc(-c3cccc4c3-c3cc(-c5ccc(-n6c7ccccc7c7ccccc76)cc5)ccc3C43c4ccccc4-n4c5ccccc5c5cccc3c54)nc(-c3ccccc3)n2)cc1. The van der Waals surface area contributed by atoms with Crippen molar-refractivity contribution in [1.82, 2.24) is 19.1 Å². The predicted molar refractivity (Wildman–Crippen MR) is 283 cm³/mol. The van der Waals surface area contributed by atoms with Crippen LogP contribution in [0.4, 0.5) is 0 Å². The second kappa shape index (κ2) is 14.4. The summed E-state index contributed by atoms with van der Waals surface area (Å²) in [6, 6.07) is 88.6. The molecule has 1 aliphatic carbocycles. The molecule has 320 valence electrons. The van der Waals surface area contributed by atoms with Gasteiger partial charge < -0.3 is 9.13 Å². The van der Waals surface area contributed by atoms with Crippen LogP contribution in [0.2, 0.25) is 0 Å². The van der Waals surface area contributed by atoms with E-state index in [1.807, 2.05) is 6.07 Å². The van der Waals surface area contributed by atoms with E-state index in [9.17, 15) is 0 Å². The van der Waals surface area contributed by atoms with Crippen molar-refractivity contribution in [3.05, 3.63) is 265 Å². The van der Waals surface area contributed by atoms with Crippen molar-refractivity contribution < 1.29 is 0 Å². The van der Waals surface area contributed by atoms with Gasteiger partial charge in [0, 0.05) is 43.9 Å². The van der Waals surface area contributed by atoms with Crippen LogP contribution >= 0.6 is 0 Å². The van der Waals surface area contributed by atoms with Crippen molar-refractivity contribution in [3.8, 4) is 67.5 Å². The van der Waals surface area contributed by atoms with E-state index in [-0.39, 0.29) is 0 Å². The highest BCUT2D eigenvalue weighted by atomic mass is 15.0. The molecule has 0 saturated heterocycles. The fourth-order valence-electron chi connectivity index (χ4n) is 12.1. The van der Waals surface area contributed by atoms with Gasteiger partial charge in [-0.2, -0.15) is 0 Å². The Hall–Kier alpha value is -9.12. The zero-order valence-corrected chi connectivity index (χ0v) is 37.4. The molecule has 4 nitrogen and oxygen atoms in total. The quantitative estimate of drug-likeness (QED) is 0.173. The monoisotopic (exact) mass is 876 g/mol. The van der Waals surface area contributed by atoms with Crippen molar-refractivity contribution in [2.75, 3.05) is 0 Å². The average Bonchev–Trinajstić information content (AvgIpc) is 4.05. The third-order valence-electron chi connectivity index (χ3n) is 15.0. The first-order chi connectivity index (χ1) is 34.2. The molecule has 4 heterocycles.